The lowest BCUT2D eigenvalue weighted by Crippen LogP contribution is -2.49. The second kappa shape index (κ2) is 10.8. The molecule has 1 aliphatic heterocycles. The van der Waals surface area contributed by atoms with E-state index < -0.39 is 41.9 Å². The summed E-state index contributed by atoms with van der Waals surface area (Å²) in [6.45, 7) is 8.31. The second-order valence-corrected chi connectivity index (χ2v) is 9.28. The molecule has 1 saturated heterocycles. The molecule has 12 nitrogen and oxygen atoms in total. The molecule has 0 aromatic carbocycles. The minimum Gasteiger partial charge on any atom is -0.481 e. The van der Waals surface area contributed by atoms with Crippen molar-refractivity contribution in [1.29, 1.82) is 0 Å². The zero-order valence-electron chi connectivity index (χ0n) is 19.3. The van der Waals surface area contributed by atoms with Gasteiger partial charge in [-0.2, -0.15) is 0 Å². The minimum atomic E-state index is -2.74. The topological polar surface area (TPSA) is 195 Å². The van der Waals surface area contributed by atoms with E-state index >= 15 is 0 Å². The average Bonchev–Trinajstić information content (AvgIpc) is 3.19. The first-order chi connectivity index (χ1) is 15.8. The van der Waals surface area contributed by atoms with Crippen LogP contribution in [0.25, 0.3) is 0 Å². The molecule has 2 aliphatic rings. The number of aromatic nitrogens is 1. The van der Waals surface area contributed by atoms with Gasteiger partial charge in [-0.15, -0.1) is 0 Å². The van der Waals surface area contributed by atoms with Gasteiger partial charge in [0.1, 0.15) is 6.61 Å². The predicted molar refractivity (Wildman–Crippen MR) is 117 cm³/mol. The number of ether oxygens (including phenoxy) is 1. The van der Waals surface area contributed by atoms with Crippen molar-refractivity contribution in [1.82, 2.24) is 15.6 Å². The molecule has 1 aromatic heterocycles. The Labute approximate surface area is 196 Å². The molecule has 2 heterocycles. The Balaban J connectivity index is 0.000000273. The van der Waals surface area contributed by atoms with Crippen LogP contribution in [0.5, 0.6) is 5.88 Å². The molecule has 6 N–H and O–H groups in total. The van der Waals surface area contributed by atoms with Crippen molar-refractivity contribution in [2.45, 2.75) is 44.8 Å². The first-order valence-electron chi connectivity index (χ1n) is 10.7. The van der Waals surface area contributed by atoms with Gasteiger partial charge in [0.2, 0.25) is 11.8 Å². The van der Waals surface area contributed by atoms with E-state index in [0.717, 1.165) is 18.7 Å². The highest BCUT2D eigenvalue weighted by Crippen LogP contribution is 2.48. The van der Waals surface area contributed by atoms with E-state index in [1.54, 1.807) is 6.20 Å². The van der Waals surface area contributed by atoms with Crippen LogP contribution >= 0.6 is 0 Å². The number of carbonyl (C=O) groups excluding carboxylic acids is 1. The van der Waals surface area contributed by atoms with Gasteiger partial charge in [-0.3, -0.25) is 14.4 Å². The van der Waals surface area contributed by atoms with Crippen LogP contribution in [-0.4, -0.2) is 80.1 Å². The van der Waals surface area contributed by atoms with E-state index in [1.165, 1.54) is 0 Å². The number of nitrogens with zero attached hydrogens (tertiary/aromatic N) is 1. The Bertz CT molecular complexity index is 908. The summed E-state index contributed by atoms with van der Waals surface area (Å²) in [6.07, 6.45) is -0.574. The number of pyridine rings is 1. The molecule has 2 fully saturated rings. The van der Waals surface area contributed by atoms with Crippen molar-refractivity contribution in [3.8, 4) is 5.88 Å². The summed E-state index contributed by atoms with van der Waals surface area (Å²) in [5.41, 5.74) is -2.13. The SMILES string of the molecule is Cc1cccnc1OCC(C)(C)NC(=O)C1[C@H]2CNC[C@@H]12.O=C(O)CC(O)(CC(=O)O)C(=O)O. The molecular formula is C22H31N3O9. The number of amides is 1. The Morgan fingerprint density at radius 1 is 1.12 bits per heavy atom. The normalized spacial score (nSPS) is 20.9. The quantitative estimate of drug-likeness (QED) is 0.261. The Morgan fingerprint density at radius 2 is 1.68 bits per heavy atom. The molecule has 34 heavy (non-hydrogen) atoms. The van der Waals surface area contributed by atoms with Gasteiger partial charge < -0.3 is 35.8 Å². The van der Waals surface area contributed by atoms with Crippen LogP contribution in [0.1, 0.15) is 32.3 Å². The van der Waals surface area contributed by atoms with E-state index in [2.05, 4.69) is 15.6 Å². The highest BCUT2D eigenvalue weighted by atomic mass is 16.5. The number of aliphatic hydroxyl groups is 1. The summed E-state index contributed by atoms with van der Waals surface area (Å²) in [4.78, 5) is 47.0. The first-order valence-corrected chi connectivity index (χ1v) is 10.7. The number of piperidine rings is 1. The number of hydrogen-bond donors (Lipinski definition) is 6. The number of aryl methyl sites for hydroxylation is 1. The number of carboxylic acid groups (broad SMARTS) is 3. The molecule has 1 saturated carbocycles. The van der Waals surface area contributed by atoms with Crippen LogP contribution in [0.3, 0.4) is 0 Å². The third-order valence-corrected chi connectivity index (χ3v) is 5.67. The van der Waals surface area contributed by atoms with E-state index in [1.807, 2.05) is 32.9 Å². The Morgan fingerprint density at radius 3 is 2.15 bits per heavy atom. The molecule has 3 rings (SSSR count). The third-order valence-electron chi connectivity index (χ3n) is 5.67. The number of nitrogens with one attached hydrogen (secondary N) is 2. The summed E-state index contributed by atoms with van der Waals surface area (Å²) in [6, 6.07) is 3.85. The van der Waals surface area contributed by atoms with Gasteiger partial charge in [0.05, 0.1) is 18.4 Å². The highest BCUT2D eigenvalue weighted by Gasteiger charge is 2.57. The second-order valence-electron chi connectivity index (χ2n) is 9.28. The molecule has 0 radical (unpaired) electrons. The first kappa shape index (κ1) is 27.0. The van der Waals surface area contributed by atoms with Crippen molar-refractivity contribution in [2.75, 3.05) is 19.7 Å². The van der Waals surface area contributed by atoms with Crippen molar-refractivity contribution in [2.24, 2.45) is 17.8 Å². The molecule has 3 atom stereocenters. The fourth-order valence-electron chi connectivity index (χ4n) is 3.85. The van der Waals surface area contributed by atoms with Crippen LogP contribution in [-0.2, 0) is 19.2 Å². The lowest BCUT2D eigenvalue weighted by molar-refractivity contribution is -0.170. The third kappa shape index (κ3) is 7.39. The lowest BCUT2D eigenvalue weighted by atomic mass is 9.96. The van der Waals surface area contributed by atoms with Crippen LogP contribution < -0.4 is 15.4 Å². The van der Waals surface area contributed by atoms with E-state index in [0.29, 0.717) is 24.3 Å². The van der Waals surface area contributed by atoms with Gasteiger partial charge in [0.15, 0.2) is 5.60 Å². The van der Waals surface area contributed by atoms with Gasteiger partial charge in [-0.05, 0) is 51.8 Å². The van der Waals surface area contributed by atoms with Gasteiger partial charge in [-0.1, -0.05) is 6.07 Å². The molecule has 1 amide bonds. The highest BCUT2D eigenvalue weighted by molar-refractivity contribution is 5.88. The zero-order valence-corrected chi connectivity index (χ0v) is 19.3. The van der Waals surface area contributed by atoms with Crippen molar-refractivity contribution < 1.29 is 44.3 Å². The smallest absolute Gasteiger partial charge is 0.336 e. The molecule has 1 aliphatic carbocycles. The predicted octanol–water partition coefficient (Wildman–Crippen LogP) is -0.119. The van der Waals surface area contributed by atoms with Crippen molar-refractivity contribution in [3.63, 3.8) is 0 Å². The Hall–Kier alpha value is -3.25. The van der Waals surface area contributed by atoms with Crippen LogP contribution in [0, 0.1) is 24.7 Å². The van der Waals surface area contributed by atoms with Crippen molar-refractivity contribution in [3.05, 3.63) is 23.9 Å². The summed E-state index contributed by atoms with van der Waals surface area (Å²) in [7, 11) is 0. The number of hydrogen-bond acceptors (Lipinski definition) is 8. The maximum atomic E-state index is 12.3. The molecule has 1 aromatic rings. The van der Waals surface area contributed by atoms with Crippen molar-refractivity contribution >= 4 is 23.8 Å². The fraction of sp³-hybridized carbons (Fsp3) is 0.591. The van der Waals surface area contributed by atoms with Gasteiger partial charge in [0, 0.05) is 17.7 Å². The van der Waals surface area contributed by atoms with Crippen LogP contribution in [0.15, 0.2) is 18.3 Å². The molecule has 0 spiro atoms. The number of rotatable bonds is 10. The number of aliphatic carboxylic acids is 3. The van der Waals surface area contributed by atoms with E-state index in [4.69, 9.17) is 25.2 Å². The standard InChI is InChI=1S/C16H23N3O2.C6H8O7/c1-10-5-4-6-18-15(10)21-9-16(2,3)19-14(20)13-11-7-17-8-12(11)13;7-3(8)1-6(13,5(11)12)2-4(9)10/h4-6,11-13,17H,7-9H2,1-3H3,(H,19,20);13H,1-2H2,(H,7,8)(H,9,10)(H,11,12)/t11-,12+,13?;. The summed E-state index contributed by atoms with van der Waals surface area (Å²) in [5, 5.41) is 40.2. The Kier molecular flexibility index (Phi) is 8.56. The van der Waals surface area contributed by atoms with E-state index in [9.17, 15) is 19.2 Å². The zero-order chi connectivity index (χ0) is 25.7. The summed E-state index contributed by atoms with van der Waals surface area (Å²) >= 11 is 0. The molecular weight excluding hydrogens is 450 g/mol. The number of fused-ring (bicyclic) bond motifs is 1. The molecule has 188 valence electrons. The number of carbonyl (C=O) groups is 4. The average molecular weight is 482 g/mol. The monoisotopic (exact) mass is 481 g/mol. The van der Waals surface area contributed by atoms with Gasteiger partial charge in [-0.25, -0.2) is 9.78 Å². The molecule has 0 bridgehead atoms. The van der Waals surface area contributed by atoms with Gasteiger partial charge in [0.25, 0.3) is 0 Å². The fourth-order valence-corrected chi connectivity index (χ4v) is 3.85. The van der Waals surface area contributed by atoms with E-state index in [-0.39, 0.29) is 11.8 Å². The summed E-state index contributed by atoms with van der Waals surface area (Å²) in [5.74, 6) is -2.94. The van der Waals surface area contributed by atoms with Crippen LogP contribution in [0.4, 0.5) is 0 Å². The molecule has 1 unspecified atom stereocenters. The molecule has 12 heteroatoms. The maximum absolute atomic E-state index is 12.3. The number of carboxylic acids is 3. The maximum Gasteiger partial charge on any atom is 0.336 e. The van der Waals surface area contributed by atoms with Crippen LogP contribution in [0.2, 0.25) is 0 Å². The lowest BCUT2D eigenvalue weighted by Gasteiger charge is -2.26. The largest absolute Gasteiger partial charge is 0.481 e. The minimum absolute atomic E-state index is 0.165. The summed E-state index contributed by atoms with van der Waals surface area (Å²) < 4.78 is 5.76. The van der Waals surface area contributed by atoms with Gasteiger partial charge >= 0.3 is 17.9 Å².